The van der Waals surface area contributed by atoms with Crippen LogP contribution in [-0.4, -0.2) is 84.8 Å². The van der Waals surface area contributed by atoms with Crippen LogP contribution in [0, 0.1) is 0 Å². The van der Waals surface area contributed by atoms with E-state index >= 15 is 0 Å². The minimum atomic E-state index is -1.05. The van der Waals surface area contributed by atoms with E-state index in [2.05, 4.69) is 10.6 Å². The van der Waals surface area contributed by atoms with Crippen LogP contribution in [0.1, 0.15) is 34.6 Å². The van der Waals surface area contributed by atoms with Gasteiger partial charge < -0.3 is 34.3 Å². The number of nitrogens with zero attached hydrogens (tertiary/aromatic N) is 1. The summed E-state index contributed by atoms with van der Waals surface area (Å²) in [5.74, 6) is -0.866. The molecule has 1 unspecified atom stereocenters. The number of hydrogen-bond acceptors (Lipinski definition) is 7. The smallest absolute Gasteiger partial charge is 0.407 e. The largest absolute Gasteiger partial charge is 0.444 e. The van der Waals surface area contributed by atoms with Crippen LogP contribution in [0.25, 0.3) is 0 Å². The molecule has 5 fully saturated rings. The van der Waals surface area contributed by atoms with Crippen molar-refractivity contribution in [2.24, 2.45) is 0 Å². The van der Waals surface area contributed by atoms with Crippen molar-refractivity contribution < 1.29 is 33.3 Å². The zero-order chi connectivity index (χ0) is 20.4. The molecule has 0 saturated carbocycles. The van der Waals surface area contributed by atoms with E-state index in [9.17, 15) is 9.59 Å². The van der Waals surface area contributed by atoms with Gasteiger partial charge in [0.05, 0.1) is 19.8 Å². The van der Waals surface area contributed by atoms with Crippen molar-refractivity contribution in [1.29, 1.82) is 0 Å². The first-order chi connectivity index (χ1) is 13.0. The molecule has 0 spiro atoms. The quantitative estimate of drug-likeness (QED) is 0.714. The van der Waals surface area contributed by atoms with Crippen LogP contribution in [0.5, 0.6) is 0 Å². The Morgan fingerprint density at radius 2 is 1.96 bits per heavy atom. The normalized spacial score (nSPS) is 38.9. The van der Waals surface area contributed by atoms with E-state index in [1.807, 2.05) is 13.8 Å². The molecule has 0 aromatic rings. The zero-order valence-corrected chi connectivity index (χ0v) is 17.0. The average Bonchev–Trinajstić information content (AvgIpc) is 3.16. The van der Waals surface area contributed by atoms with E-state index in [1.54, 1.807) is 25.7 Å². The molecule has 158 valence electrons. The van der Waals surface area contributed by atoms with Gasteiger partial charge in [0.2, 0.25) is 0 Å². The molecule has 5 aliphatic heterocycles. The predicted molar refractivity (Wildman–Crippen MR) is 95.5 cm³/mol. The van der Waals surface area contributed by atoms with Gasteiger partial charge in [0.1, 0.15) is 23.4 Å². The minimum absolute atomic E-state index is 0.136. The Bertz CT molecular complexity index is 667. The molecule has 4 atom stereocenters. The molecule has 10 nitrogen and oxygen atoms in total. The second-order valence-electron chi connectivity index (χ2n) is 9.20. The van der Waals surface area contributed by atoms with E-state index in [1.165, 1.54) is 0 Å². The molecule has 2 bridgehead atoms. The molecule has 0 aromatic carbocycles. The van der Waals surface area contributed by atoms with Crippen LogP contribution in [0.3, 0.4) is 0 Å². The maximum atomic E-state index is 12.3. The number of carbonyl (C=O) groups excluding carboxylic acids is 2. The lowest BCUT2D eigenvalue weighted by Crippen LogP contribution is -2.80. The molecule has 5 heterocycles. The fraction of sp³-hybridized carbons (Fsp3) is 0.889. The van der Waals surface area contributed by atoms with Crippen LogP contribution in [0.2, 0.25) is 0 Å². The maximum absolute atomic E-state index is 12.3. The van der Waals surface area contributed by atoms with Crippen LogP contribution < -0.4 is 10.6 Å². The van der Waals surface area contributed by atoms with E-state index in [4.69, 9.17) is 23.7 Å². The SMILES string of the molecule is CC(C)(C)OC(=O)NC[C@@]12COC(N3CCNC3=O)(CO1)[C@H]1OC(C)(C)O[C@H]12. The Morgan fingerprint density at radius 1 is 1.25 bits per heavy atom. The third kappa shape index (κ3) is 3.12. The van der Waals surface area contributed by atoms with Gasteiger partial charge in [-0.05, 0) is 34.6 Å². The van der Waals surface area contributed by atoms with Crippen molar-refractivity contribution in [2.75, 3.05) is 32.8 Å². The summed E-state index contributed by atoms with van der Waals surface area (Å²) in [6.45, 7) is 10.5. The number of rotatable bonds is 3. The van der Waals surface area contributed by atoms with Crippen molar-refractivity contribution >= 4 is 12.1 Å². The van der Waals surface area contributed by atoms with Crippen LogP contribution >= 0.6 is 0 Å². The maximum Gasteiger partial charge on any atom is 0.407 e. The van der Waals surface area contributed by atoms with Gasteiger partial charge in [-0.3, -0.25) is 4.90 Å². The number of ether oxygens (including phenoxy) is 5. The molecule has 28 heavy (non-hydrogen) atoms. The van der Waals surface area contributed by atoms with E-state index in [0.29, 0.717) is 13.1 Å². The molecule has 0 aromatic heterocycles. The second kappa shape index (κ2) is 6.19. The van der Waals surface area contributed by atoms with Gasteiger partial charge in [-0.2, -0.15) is 0 Å². The molecular formula is C18H29N3O7. The number of hydrogen-bond donors (Lipinski definition) is 2. The molecule has 3 amide bonds. The fourth-order valence-corrected chi connectivity index (χ4v) is 4.26. The van der Waals surface area contributed by atoms with Crippen LogP contribution in [-0.2, 0) is 23.7 Å². The first-order valence-electron chi connectivity index (χ1n) is 9.62. The Kier molecular flexibility index (Phi) is 4.35. The van der Waals surface area contributed by atoms with Crippen molar-refractivity contribution in [1.82, 2.24) is 15.5 Å². The number of carbonyl (C=O) groups is 2. The molecule has 5 rings (SSSR count). The molecule has 5 saturated heterocycles. The third-order valence-electron chi connectivity index (χ3n) is 5.44. The van der Waals surface area contributed by atoms with Gasteiger partial charge in [-0.1, -0.05) is 0 Å². The van der Waals surface area contributed by atoms with Gasteiger partial charge >= 0.3 is 12.1 Å². The summed E-state index contributed by atoms with van der Waals surface area (Å²) in [5.41, 5.74) is -2.58. The Balaban J connectivity index is 1.56. The standard InChI is InChI=1S/C18H29N3O7/c1-15(2,3)28-14(23)20-8-17-9-25-18(10-24-17,21-7-6-19-13(21)22)12-11(17)26-16(4,5)27-12/h11-12H,6-10H2,1-5H3,(H,19,22)(H,20,23)/t11-,12+,17+,18?/m1/s1. The van der Waals surface area contributed by atoms with Crippen LogP contribution in [0.4, 0.5) is 9.59 Å². The Hall–Kier alpha value is -1.62. The first-order valence-corrected chi connectivity index (χ1v) is 9.62. The summed E-state index contributed by atoms with van der Waals surface area (Å²) in [4.78, 5) is 26.1. The fourth-order valence-electron chi connectivity index (χ4n) is 4.26. The highest BCUT2D eigenvalue weighted by molar-refractivity contribution is 5.77. The van der Waals surface area contributed by atoms with E-state index in [0.717, 1.165) is 0 Å². The number of urea groups is 1. The van der Waals surface area contributed by atoms with Crippen LogP contribution in [0.15, 0.2) is 0 Å². The van der Waals surface area contributed by atoms with Crippen molar-refractivity contribution in [3.63, 3.8) is 0 Å². The number of amides is 3. The van der Waals surface area contributed by atoms with Crippen molar-refractivity contribution in [3.05, 3.63) is 0 Å². The number of nitrogens with one attached hydrogen (secondary N) is 2. The summed E-state index contributed by atoms with van der Waals surface area (Å²) >= 11 is 0. The molecule has 2 N–H and O–H groups in total. The van der Waals surface area contributed by atoms with Gasteiger partial charge in [-0.15, -0.1) is 0 Å². The summed E-state index contributed by atoms with van der Waals surface area (Å²) in [6.07, 6.45) is -1.58. The van der Waals surface area contributed by atoms with Crippen molar-refractivity contribution in [3.8, 4) is 0 Å². The van der Waals surface area contributed by atoms with Gasteiger partial charge in [0, 0.05) is 13.1 Å². The Labute approximate surface area is 164 Å². The summed E-state index contributed by atoms with van der Waals surface area (Å²) in [7, 11) is 0. The number of alkyl carbamates (subject to hydrolysis) is 1. The number of fused-ring (bicyclic) bond motifs is 2. The van der Waals surface area contributed by atoms with E-state index in [-0.39, 0.29) is 25.8 Å². The summed E-state index contributed by atoms with van der Waals surface area (Å²) < 4.78 is 30.1. The highest BCUT2D eigenvalue weighted by Gasteiger charge is 2.72. The minimum Gasteiger partial charge on any atom is -0.444 e. The molecule has 5 aliphatic rings. The van der Waals surface area contributed by atoms with E-state index < -0.39 is 41.0 Å². The molecular weight excluding hydrogens is 370 g/mol. The molecule has 10 heteroatoms. The summed E-state index contributed by atoms with van der Waals surface area (Å²) in [6, 6.07) is -0.211. The second-order valence-corrected chi connectivity index (χ2v) is 9.20. The zero-order valence-electron chi connectivity index (χ0n) is 17.0. The highest BCUT2D eigenvalue weighted by Crippen LogP contribution is 2.51. The summed E-state index contributed by atoms with van der Waals surface area (Å²) in [5, 5.41) is 5.56. The highest BCUT2D eigenvalue weighted by atomic mass is 16.8. The lowest BCUT2D eigenvalue weighted by atomic mass is 9.81. The predicted octanol–water partition coefficient (Wildman–Crippen LogP) is 0.552. The lowest BCUT2D eigenvalue weighted by Gasteiger charge is -2.59. The van der Waals surface area contributed by atoms with Crippen molar-refractivity contribution in [2.45, 2.75) is 69.5 Å². The molecule has 0 aliphatic carbocycles. The Morgan fingerprint density at radius 3 is 2.54 bits per heavy atom. The average molecular weight is 399 g/mol. The van der Waals surface area contributed by atoms with Gasteiger partial charge in [0.25, 0.3) is 0 Å². The molecule has 0 radical (unpaired) electrons. The topological polar surface area (TPSA) is 108 Å². The van der Waals surface area contributed by atoms with Gasteiger partial charge in [-0.25, -0.2) is 9.59 Å². The lowest BCUT2D eigenvalue weighted by molar-refractivity contribution is -0.360. The monoisotopic (exact) mass is 399 g/mol. The van der Waals surface area contributed by atoms with Gasteiger partial charge in [0.15, 0.2) is 11.5 Å². The first kappa shape index (κ1) is 19.7. The third-order valence-corrected chi connectivity index (χ3v) is 5.44.